The third-order valence-corrected chi connectivity index (χ3v) is 3.51. The quantitative estimate of drug-likeness (QED) is 0.592. The Morgan fingerprint density at radius 2 is 2.57 bits per heavy atom. The molecule has 4 heteroatoms. The van der Waals surface area contributed by atoms with Gasteiger partial charge in [-0.1, -0.05) is 0 Å². The molecular formula is C10H16N2OS. The molecule has 3 N–H and O–H groups in total. The molecule has 1 fully saturated rings. The third-order valence-electron chi connectivity index (χ3n) is 2.63. The Kier molecular flexibility index (Phi) is 3.18. The van der Waals surface area contributed by atoms with Crippen LogP contribution in [0.2, 0.25) is 0 Å². The van der Waals surface area contributed by atoms with Crippen LogP contribution in [0.1, 0.15) is 29.3 Å². The number of nitrogens with one attached hydrogen (secondary N) is 1. The minimum Gasteiger partial charge on any atom is -0.376 e. The van der Waals surface area contributed by atoms with Crippen LogP contribution in [0.25, 0.3) is 0 Å². The lowest BCUT2D eigenvalue weighted by Crippen LogP contribution is -2.36. The van der Waals surface area contributed by atoms with E-state index in [9.17, 15) is 0 Å². The SMILES string of the molecule is Cc1cc(C(NN)C2CCCO2)cs1. The molecule has 0 amide bonds. The smallest absolute Gasteiger partial charge is 0.0783 e. The maximum absolute atomic E-state index is 5.63. The highest BCUT2D eigenvalue weighted by molar-refractivity contribution is 7.10. The van der Waals surface area contributed by atoms with Crippen molar-refractivity contribution in [3.05, 3.63) is 21.9 Å². The predicted molar refractivity (Wildman–Crippen MR) is 58.1 cm³/mol. The van der Waals surface area contributed by atoms with E-state index in [0.717, 1.165) is 19.4 Å². The van der Waals surface area contributed by atoms with Crippen molar-refractivity contribution in [3.8, 4) is 0 Å². The zero-order chi connectivity index (χ0) is 9.97. The van der Waals surface area contributed by atoms with Gasteiger partial charge in [-0.25, -0.2) is 0 Å². The van der Waals surface area contributed by atoms with Crippen molar-refractivity contribution in [3.63, 3.8) is 0 Å². The summed E-state index contributed by atoms with van der Waals surface area (Å²) < 4.78 is 5.63. The molecule has 1 saturated heterocycles. The van der Waals surface area contributed by atoms with Crippen molar-refractivity contribution < 1.29 is 4.74 Å². The fourth-order valence-corrected chi connectivity index (χ4v) is 2.65. The summed E-state index contributed by atoms with van der Waals surface area (Å²) in [5.74, 6) is 5.57. The van der Waals surface area contributed by atoms with Gasteiger partial charge >= 0.3 is 0 Å². The number of rotatable bonds is 3. The number of nitrogens with two attached hydrogens (primary N) is 1. The van der Waals surface area contributed by atoms with Crippen molar-refractivity contribution >= 4 is 11.3 Å². The van der Waals surface area contributed by atoms with E-state index >= 15 is 0 Å². The number of hydrogen-bond acceptors (Lipinski definition) is 4. The van der Waals surface area contributed by atoms with Crippen molar-refractivity contribution in [1.82, 2.24) is 5.43 Å². The molecule has 2 rings (SSSR count). The summed E-state index contributed by atoms with van der Waals surface area (Å²) in [4.78, 5) is 1.32. The van der Waals surface area contributed by atoms with E-state index < -0.39 is 0 Å². The average molecular weight is 212 g/mol. The topological polar surface area (TPSA) is 47.3 Å². The summed E-state index contributed by atoms with van der Waals surface area (Å²) in [7, 11) is 0. The molecule has 1 aromatic heterocycles. The zero-order valence-corrected chi connectivity index (χ0v) is 9.14. The first kappa shape index (κ1) is 10.1. The van der Waals surface area contributed by atoms with Gasteiger partial charge in [0.2, 0.25) is 0 Å². The summed E-state index contributed by atoms with van der Waals surface area (Å²) in [6, 6.07) is 2.33. The Bertz CT molecular complexity index is 294. The molecule has 2 atom stereocenters. The van der Waals surface area contributed by atoms with Crippen molar-refractivity contribution in [2.75, 3.05) is 6.61 Å². The number of thiophene rings is 1. The Labute approximate surface area is 88.2 Å². The molecule has 78 valence electrons. The van der Waals surface area contributed by atoms with Crippen LogP contribution in [-0.4, -0.2) is 12.7 Å². The highest BCUT2D eigenvalue weighted by Gasteiger charge is 2.26. The monoisotopic (exact) mass is 212 g/mol. The molecular weight excluding hydrogens is 196 g/mol. The van der Waals surface area contributed by atoms with E-state index in [1.165, 1.54) is 10.4 Å². The van der Waals surface area contributed by atoms with Crippen molar-refractivity contribution in [2.45, 2.75) is 31.9 Å². The second kappa shape index (κ2) is 4.40. The molecule has 0 bridgehead atoms. The Morgan fingerprint density at radius 3 is 3.07 bits per heavy atom. The zero-order valence-electron chi connectivity index (χ0n) is 8.32. The maximum Gasteiger partial charge on any atom is 0.0783 e. The van der Waals surface area contributed by atoms with Gasteiger partial charge in [-0.3, -0.25) is 11.3 Å². The average Bonchev–Trinajstić information content (AvgIpc) is 2.79. The van der Waals surface area contributed by atoms with E-state index in [2.05, 4.69) is 23.8 Å². The predicted octanol–water partition coefficient (Wildman–Crippen LogP) is 1.74. The van der Waals surface area contributed by atoms with Crippen LogP contribution in [0, 0.1) is 6.92 Å². The molecule has 0 radical (unpaired) electrons. The highest BCUT2D eigenvalue weighted by atomic mass is 32.1. The lowest BCUT2D eigenvalue weighted by Gasteiger charge is -2.21. The van der Waals surface area contributed by atoms with Gasteiger partial charge in [-0.05, 0) is 36.8 Å². The fraction of sp³-hybridized carbons (Fsp3) is 0.600. The van der Waals surface area contributed by atoms with Gasteiger partial charge < -0.3 is 4.74 Å². The van der Waals surface area contributed by atoms with E-state index in [1.54, 1.807) is 11.3 Å². The number of aryl methyl sites for hydroxylation is 1. The first-order chi connectivity index (χ1) is 6.81. The normalized spacial score (nSPS) is 24.0. The lowest BCUT2D eigenvalue weighted by atomic mass is 10.0. The molecule has 0 aliphatic carbocycles. The van der Waals surface area contributed by atoms with Crippen LogP contribution in [0.15, 0.2) is 11.4 Å². The van der Waals surface area contributed by atoms with Gasteiger partial charge in [0, 0.05) is 11.5 Å². The molecule has 1 aromatic rings. The Morgan fingerprint density at radius 1 is 1.71 bits per heavy atom. The van der Waals surface area contributed by atoms with Gasteiger partial charge in [-0.2, -0.15) is 0 Å². The van der Waals surface area contributed by atoms with Gasteiger partial charge in [0.15, 0.2) is 0 Å². The largest absolute Gasteiger partial charge is 0.376 e. The third kappa shape index (κ3) is 1.98. The van der Waals surface area contributed by atoms with Crippen molar-refractivity contribution in [1.29, 1.82) is 0 Å². The van der Waals surface area contributed by atoms with E-state index in [0.29, 0.717) is 0 Å². The first-order valence-corrected chi connectivity index (χ1v) is 5.82. The minimum absolute atomic E-state index is 0.155. The highest BCUT2D eigenvalue weighted by Crippen LogP contribution is 2.28. The van der Waals surface area contributed by atoms with Gasteiger partial charge in [0.25, 0.3) is 0 Å². The molecule has 2 heterocycles. The first-order valence-electron chi connectivity index (χ1n) is 4.94. The molecule has 0 aromatic carbocycles. The minimum atomic E-state index is 0.155. The van der Waals surface area contributed by atoms with Crippen LogP contribution in [0.3, 0.4) is 0 Å². The second-order valence-corrected chi connectivity index (χ2v) is 4.80. The summed E-state index contributed by atoms with van der Waals surface area (Å²) in [5, 5.41) is 2.15. The molecule has 1 aliphatic heterocycles. The lowest BCUT2D eigenvalue weighted by molar-refractivity contribution is 0.0785. The van der Waals surface area contributed by atoms with Gasteiger partial charge in [0.05, 0.1) is 12.1 Å². The van der Waals surface area contributed by atoms with E-state index in [1.807, 2.05) is 0 Å². The second-order valence-electron chi connectivity index (χ2n) is 3.69. The van der Waals surface area contributed by atoms with Crippen molar-refractivity contribution in [2.24, 2.45) is 5.84 Å². The summed E-state index contributed by atoms with van der Waals surface area (Å²) in [5.41, 5.74) is 4.11. The van der Waals surface area contributed by atoms with E-state index in [-0.39, 0.29) is 12.1 Å². The Balaban J connectivity index is 2.12. The number of hydrazine groups is 1. The van der Waals surface area contributed by atoms with Crippen LogP contribution in [0.4, 0.5) is 0 Å². The number of ether oxygens (including phenoxy) is 1. The Hall–Kier alpha value is -0.420. The fourth-order valence-electron chi connectivity index (χ4n) is 1.91. The van der Waals surface area contributed by atoms with Gasteiger partial charge in [0.1, 0.15) is 0 Å². The van der Waals surface area contributed by atoms with Crippen LogP contribution in [0.5, 0.6) is 0 Å². The molecule has 0 spiro atoms. The standard InChI is InChI=1S/C10H16N2OS/c1-7-5-8(6-14-7)10(12-11)9-3-2-4-13-9/h5-6,9-10,12H,2-4,11H2,1H3. The van der Waals surface area contributed by atoms with Gasteiger partial charge in [-0.15, -0.1) is 11.3 Å². The van der Waals surface area contributed by atoms with E-state index in [4.69, 9.17) is 10.6 Å². The summed E-state index contributed by atoms with van der Waals surface area (Å²) in [6.45, 7) is 2.98. The summed E-state index contributed by atoms with van der Waals surface area (Å²) in [6.07, 6.45) is 2.49. The molecule has 0 saturated carbocycles. The molecule has 3 nitrogen and oxygen atoms in total. The summed E-state index contributed by atoms with van der Waals surface area (Å²) >= 11 is 1.76. The molecule has 2 unspecified atom stereocenters. The van der Waals surface area contributed by atoms with Crippen LogP contribution in [-0.2, 0) is 4.74 Å². The van der Waals surface area contributed by atoms with Crippen LogP contribution >= 0.6 is 11.3 Å². The number of hydrogen-bond donors (Lipinski definition) is 2. The molecule has 14 heavy (non-hydrogen) atoms. The van der Waals surface area contributed by atoms with Crippen LogP contribution < -0.4 is 11.3 Å². The maximum atomic E-state index is 5.63. The molecule has 1 aliphatic rings.